The molecule has 8 heavy (non-hydrogen) atoms. The van der Waals surface area contributed by atoms with Crippen molar-refractivity contribution in [2.45, 2.75) is 13.8 Å². The summed E-state index contributed by atoms with van der Waals surface area (Å²) >= 11 is 1.71. The molecule has 1 aliphatic rings. The SMILES string of the molecule is CC1=C(C)SC=NC1. The van der Waals surface area contributed by atoms with Gasteiger partial charge in [0, 0.05) is 0 Å². The number of allylic oxidation sites excluding steroid dienone is 1. The largest absolute Gasteiger partial charge is 0.282 e. The molecule has 0 saturated carbocycles. The van der Waals surface area contributed by atoms with Crippen LogP contribution in [0.25, 0.3) is 0 Å². The molecule has 1 heterocycles. The molecular formula is C6H9NS. The highest BCUT2D eigenvalue weighted by Gasteiger charge is 1.98. The van der Waals surface area contributed by atoms with E-state index in [1.165, 1.54) is 10.5 Å². The van der Waals surface area contributed by atoms with E-state index in [9.17, 15) is 0 Å². The second-order valence-corrected chi connectivity index (χ2v) is 2.96. The summed E-state index contributed by atoms with van der Waals surface area (Å²) < 4.78 is 0. The van der Waals surface area contributed by atoms with Gasteiger partial charge in [-0.05, 0) is 24.3 Å². The van der Waals surface area contributed by atoms with E-state index in [0.717, 1.165) is 6.54 Å². The Kier molecular flexibility index (Phi) is 1.73. The monoisotopic (exact) mass is 127 g/mol. The molecule has 0 saturated heterocycles. The summed E-state index contributed by atoms with van der Waals surface area (Å²) in [5.41, 5.74) is 3.31. The quantitative estimate of drug-likeness (QED) is 0.485. The first-order chi connectivity index (χ1) is 3.80. The van der Waals surface area contributed by atoms with E-state index < -0.39 is 0 Å². The van der Waals surface area contributed by atoms with Crippen LogP contribution in [-0.2, 0) is 0 Å². The Hall–Kier alpha value is -0.240. The van der Waals surface area contributed by atoms with Crippen molar-refractivity contribution in [2.75, 3.05) is 6.54 Å². The number of nitrogens with zero attached hydrogens (tertiary/aromatic N) is 1. The van der Waals surface area contributed by atoms with Crippen LogP contribution in [-0.4, -0.2) is 12.1 Å². The highest BCUT2D eigenvalue weighted by Crippen LogP contribution is 2.20. The lowest BCUT2D eigenvalue weighted by molar-refractivity contribution is 1.13. The second kappa shape index (κ2) is 2.35. The van der Waals surface area contributed by atoms with E-state index in [1.54, 1.807) is 11.8 Å². The van der Waals surface area contributed by atoms with Crippen LogP contribution in [0.3, 0.4) is 0 Å². The fourth-order valence-corrected chi connectivity index (χ4v) is 1.08. The standard InChI is InChI=1S/C6H9NS/c1-5-3-7-4-8-6(5)2/h4H,3H2,1-2H3. The van der Waals surface area contributed by atoms with Crippen molar-refractivity contribution in [1.82, 2.24) is 0 Å². The summed E-state index contributed by atoms with van der Waals surface area (Å²) in [5, 5.41) is 0. The summed E-state index contributed by atoms with van der Waals surface area (Å²) in [6.45, 7) is 5.16. The Labute approximate surface area is 53.9 Å². The third kappa shape index (κ3) is 1.13. The summed E-state index contributed by atoms with van der Waals surface area (Å²) in [7, 11) is 0. The lowest BCUT2D eigenvalue weighted by Gasteiger charge is -2.05. The number of thioether (sulfide) groups is 1. The van der Waals surface area contributed by atoms with Gasteiger partial charge in [0.2, 0.25) is 0 Å². The predicted octanol–water partition coefficient (Wildman–Crippen LogP) is 2.06. The van der Waals surface area contributed by atoms with Gasteiger partial charge in [-0.2, -0.15) is 0 Å². The molecule has 44 valence electrons. The third-order valence-corrected chi connectivity index (χ3v) is 2.19. The van der Waals surface area contributed by atoms with Crippen molar-refractivity contribution in [3.8, 4) is 0 Å². The summed E-state index contributed by atoms with van der Waals surface area (Å²) in [5.74, 6) is 0. The maximum atomic E-state index is 4.09. The molecule has 1 rings (SSSR count). The van der Waals surface area contributed by atoms with Crippen molar-refractivity contribution in [1.29, 1.82) is 0 Å². The second-order valence-electron chi connectivity index (χ2n) is 1.90. The fourth-order valence-electron chi connectivity index (χ4n) is 0.502. The Morgan fingerprint density at radius 3 is 2.75 bits per heavy atom. The Bertz CT molecular complexity index is 131. The Balaban J connectivity index is 2.67. The predicted molar refractivity (Wildman–Crippen MR) is 39.3 cm³/mol. The maximum Gasteiger partial charge on any atom is 0.0613 e. The van der Waals surface area contributed by atoms with E-state index in [-0.39, 0.29) is 0 Å². The van der Waals surface area contributed by atoms with Crippen molar-refractivity contribution >= 4 is 17.3 Å². The molecule has 0 aromatic carbocycles. The molecule has 0 spiro atoms. The van der Waals surface area contributed by atoms with Crippen LogP contribution >= 0.6 is 11.8 Å². The van der Waals surface area contributed by atoms with Gasteiger partial charge in [-0.3, -0.25) is 4.99 Å². The summed E-state index contributed by atoms with van der Waals surface area (Å²) in [4.78, 5) is 5.49. The average molecular weight is 127 g/mol. The molecule has 1 nitrogen and oxygen atoms in total. The van der Waals surface area contributed by atoms with Gasteiger partial charge in [-0.25, -0.2) is 0 Å². The molecule has 0 aromatic heterocycles. The van der Waals surface area contributed by atoms with E-state index >= 15 is 0 Å². The normalized spacial score (nSPS) is 19.8. The van der Waals surface area contributed by atoms with Gasteiger partial charge in [0.1, 0.15) is 0 Å². The van der Waals surface area contributed by atoms with Gasteiger partial charge in [0.05, 0.1) is 12.1 Å². The lowest BCUT2D eigenvalue weighted by atomic mass is 10.3. The first-order valence-corrected chi connectivity index (χ1v) is 3.50. The van der Waals surface area contributed by atoms with Gasteiger partial charge < -0.3 is 0 Å². The van der Waals surface area contributed by atoms with Crippen LogP contribution in [0.1, 0.15) is 13.8 Å². The zero-order valence-corrected chi connectivity index (χ0v) is 5.96. The molecule has 0 aromatic rings. The van der Waals surface area contributed by atoms with Crippen LogP contribution in [0.5, 0.6) is 0 Å². The van der Waals surface area contributed by atoms with E-state index in [4.69, 9.17) is 0 Å². The third-order valence-electron chi connectivity index (χ3n) is 1.23. The van der Waals surface area contributed by atoms with Crippen molar-refractivity contribution < 1.29 is 0 Å². The minimum atomic E-state index is 0.902. The molecule has 2 heteroatoms. The van der Waals surface area contributed by atoms with Gasteiger partial charge >= 0.3 is 0 Å². The molecule has 0 radical (unpaired) electrons. The van der Waals surface area contributed by atoms with Gasteiger partial charge in [-0.15, -0.1) is 0 Å². The first-order valence-electron chi connectivity index (χ1n) is 2.62. The summed E-state index contributed by atoms with van der Waals surface area (Å²) in [6.07, 6.45) is 0. The van der Waals surface area contributed by atoms with Crippen LogP contribution in [0.2, 0.25) is 0 Å². The molecule has 0 fully saturated rings. The fraction of sp³-hybridized carbons (Fsp3) is 0.500. The van der Waals surface area contributed by atoms with Crippen molar-refractivity contribution in [3.05, 3.63) is 10.5 Å². The Morgan fingerprint density at radius 1 is 1.62 bits per heavy atom. The molecule has 1 aliphatic heterocycles. The zero-order valence-electron chi connectivity index (χ0n) is 5.14. The van der Waals surface area contributed by atoms with Gasteiger partial charge in [0.25, 0.3) is 0 Å². The van der Waals surface area contributed by atoms with E-state index in [0.29, 0.717) is 0 Å². The summed E-state index contributed by atoms with van der Waals surface area (Å²) in [6, 6.07) is 0. The highest BCUT2D eigenvalue weighted by molar-refractivity contribution is 8.15. The Morgan fingerprint density at radius 2 is 2.38 bits per heavy atom. The molecule has 0 atom stereocenters. The van der Waals surface area contributed by atoms with Crippen LogP contribution < -0.4 is 0 Å². The minimum Gasteiger partial charge on any atom is -0.282 e. The van der Waals surface area contributed by atoms with Gasteiger partial charge in [0.15, 0.2) is 0 Å². The molecule has 0 aliphatic carbocycles. The number of rotatable bonds is 0. The topological polar surface area (TPSA) is 12.4 Å². The van der Waals surface area contributed by atoms with Crippen LogP contribution in [0.4, 0.5) is 0 Å². The lowest BCUT2D eigenvalue weighted by Crippen LogP contribution is -1.91. The van der Waals surface area contributed by atoms with Crippen LogP contribution in [0, 0.1) is 0 Å². The molecule has 0 unspecified atom stereocenters. The maximum absolute atomic E-state index is 4.09. The minimum absolute atomic E-state index is 0.902. The van der Waals surface area contributed by atoms with E-state index in [2.05, 4.69) is 18.8 Å². The first kappa shape index (κ1) is 5.89. The van der Waals surface area contributed by atoms with Crippen molar-refractivity contribution in [3.63, 3.8) is 0 Å². The zero-order chi connectivity index (χ0) is 5.98. The molecule has 0 N–H and O–H groups in total. The average Bonchev–Trinajstić information content (AvgIpc) is 1.77. The molecule has 0 bridgehead atoms. The van der Waals surface area contributed by atoms with E-state index in [1.807, 2.05) is 5.55 Å². The molecule has 0 amide bonds. The van der Waals surface area contributed by atoms with Crippen molar-refractivity contribution in [2.24, 2.45) is 4.99 Å². The highest BCUT2D eigenvalue weighted by atomic mass is 32.2. The number of aliphatic imine (C=N–C) groups is 1. The molecular weight excluding hydrogens is 118 g/mol. The smallest absolute Gasteiger partial charge is 0.0613 e. The van der Waals surface area contributed by atoms with Gasteiger partial charge in [-0.1, -0.05) is 11.8 Å². The number of hydrogen-bond donors (Lipinski definition) is 0. The number of hydrogen-bond acceptors (Lipinski definition) is 2. The van der Waals surface area contributed by atoms with Crippen LogP contribution in [0.15, 0.2) is 15.5 Å².